The monoisotopic (exact) mass is 420 g/mol. The number of fused-ring (bicyclic) bond motifs is 1. The molecule has 7 heteroatoms. The van der Waals surface area contributed by atoms with Crippen LogP contribution >= 0.6 is 0 Å². The van der Waals surface area contributed by atoms with Gasteiger partial charge in [-0.05, 0) is 61.4 Å². The number of nitrogens with zero attached hydrogens (tertiary/aromatic N) is 2. The number of aromatic nitrogens is 1. The van der Waals surface area contributed by atoms with Crippen LogP contribution in [0.5, 0.6) is 0 Å². The van der Waals surface area contributed by atoms with Gasteiger partial charge < -0.3 is 15.2 Å². The van der Waals surface area contributed by atoms with E-state index in [1.807, 2.05) is 6.92 Å². The Hall–Kier alpha value is -3.35. The molecule has 0 spiro atoms. The number of amides is 1. The van der Waals surface area contributed by atoms with Gasteiger partial charge in [-0.3, -0.25) is 14.9 Å². The van der Waals surface area contributed by atoms with Crippen molar-refractivity contribution in [3.05, 3.63) is 69.4 Å². The molecule has 1 saturated heterocycles. The molecule has 1 aromatic heterocycles. The third-order valence-electron chi connectivity index (χ3n) is 6.04. The van der Waals surface area contributed by atoms with Crippen molar-refractivity contribution in [1.29, 1.82) is 0 Å². The molecule has 1 amide bonds. The van der Waals surface area contributed by atoms with Crippen LogP contribution in [0.15, 0.2) is 42.5 Å². The van der Waals surface area contributed by atoms with Crippen molar-refractivity contribution in [3.63, 3.8) is 0 Å². The molecule has 31 heavy (non-hydrogen) atoms. The van der Waals surface area contributed by atoms with Crippen LogP contribution in [-0.2, 0) is 12.8 Å². The summed E-state index contributed by atoms with van der Waals surface area (Å²) in [5, 5.41) is 14.8. The lowest BCUT2D eigenvalue weighted by Crippen LogP contribution is -2.29. The third kappa shape index (κ3) is 4.55. The van der Waals surface area contributed by atoms with Gasteiger partial charge in [-0.25, -0.2) is 0 Å². The molecule has 4 rings (SSSR count). The average Bonchev–Trinajstić information content (AvgIpc) is 3.18. The van der Waals surface area contributed by atoms with Gasteiger partial charge in [0.2, 0.25) is 0 Å². The topological polar surface area (TPSA) is 91.3 Å². The molecule has 2 heterocycles. The Kier molecular flexibility index (Phi) is 6.21. The van der Waals surface area contributed by atoms with Gasteiger partial charge in [-0.15, -0.1) is 0 Å². The Morgan fingerprint density at radius 1 is 1.13 bits per heavy atom. The van der Waals surface area contributed by atoms with Crippen molar-refractivity contribution in [3.8, 4) is 0 Å². The lowest BCUT2D eigenvalue weighted by molar-refractivity contribution is -0.384. The van der Waals surface area contributed by atoms with E-state index < -0.39 is 4.92 Å². The fraction of sp³-hybridized carbons (Fsp3) is 0.375. The highest BCUT2D eigenvalue weighted by molar-refractivity contribution is 6.01. The molecular weight excluding hydrogens is 392 g/mol. The van der Waals surface area contributed by atoms with Crippen molar-refractivity contribution in [2.45, 2.75) is 39.0 Å². The van der Waals surface area contributed by atoms with Gasteiger partial charge in [0.05, 0.1) is 4.92 Å². The lowest BCUT2D eigenvalue weighted by Gasteiger charge is -2.28. The molecular formula is C24H28N4O3. The summed E-state index contributed by atoms with van der Waals surface area (Å²) >= 11 is 0. The summed E-state index contributed by atoms with van der Waals surface area (Å²) in [6.45, 7) is 4.73. The van der Waals surface area contributed by atoms with Gasteiger partial charge in [0.15, 0.2) is 0 Å². The van der Waals surface area contributed by atoms with E-state index in [9.17, 15) is 14.9 Å². The smallest absolute Gasteiger partial charge is 0.270 e. The number of piperidine rings is 1. The van der Waals surface area contributed by atoms with Gasteiger partial charge in [0, 0.05) is 48.4 Å². The normalized spacial score (nSPS) is 14.0. The van der Waals surface area contributed by atoms with Crippen LogP contribution in [0.4, 0.5) is 11.4 Å². The van der Waals surface area contributed by atoms with Crippen LogP contribution in [0.2, 0.25) is 0 Å². The molecule has 162 valence electrons. The quantitative estimate of drug-likeness (QED) is 0.432. The summed E-state index contributed by atoms with van der Waals surface area (Å²) in [5.74, 6) is -0.180. The number of hydrogen-bond donors (Lipinski definition) is 2. The number of rotatable bonds is 7. The molecule has 1 fully saturated rings. The number of nitrogens with one attached hydrogen (secondary N) is 2. The van der Waals surface area contributed by atoms with E-state index in [0.29, 0.717) is 18.7 Å². The third-order valence-corrected chi connectivity index (χ3v) is 6.04. The van der Waals surface area contributed by atoms with Gasteiger partial charge >= 0.3 is 0 Å². The standard InChI is InChI=1S/C24H28N4O3/c1-2-20-21-16-19(28(30)31)10-11-22(21)26-23(20)24(29)25-13-12-17-6-8-18(9-7-17)27-14-4-3-5-15-27/h6-11,16,26H,2-5,12-15H2,1H3,(H,25,29). The summed E-state index contributed by atoms with van der Waals surface area (Å²) in [7, 11) is 0. The Labute approximate surface area is 181 Å². The number of H-pyrrole nitrogens is 1. The second kappa shape index (κ2) is 9.20. The summed E-state index contributed by atoms with van der Waals surface area (Å²) in [5.41, 5.74) is 4.51. The number of aryl methyl sites for hydroxylation is 1. The largest absolute Gasteiger partial charge is 0.372 e. The molecule has 2 N–H and O–H groups in total. The minimum Gasteiger partial charge on any atom is -0.372 e. The maximum Gasteiger partial charge on any atom is 0.270 e. The van der Waals surface area contributed by atoms with E-state index in [0.717, 1.165) is 36.0 Å². The van der Waals surface area contributed by atoms with Crippen molar-refractivity contribution >= 4 is 28.2 Å². The second-order valence-corrected chi connectivity index (χ2v) is 8.04. The van der Waals surface area contributed by atoms with Crippen molar-refractivity contribution in [2.75, 3.05) is 24.5 Å². The zero-order valence-electron chi connectivity index (χ0n) is 17.8. The number of carbonyl (C=O) groups is 1. The van der Waals surface area contributed by atoms with Gasteiger partial charge in [0.1, 0.15) is 5.69 Å². The summed E-state index contributed by atoms with van der Waals surface area (Å²) in [4.78, 5) is 29.0. The van der Waals surface area contributed by atoms with E-state index >= 15 is 0 Å². The number of non-ortho nitro benzene ring substituents is 1. The molecule has 2 aromatic carbocycles. The van der Waals surface area contributed by atoms with E-state index in [4.69, 9.17) is 0 Å². The number of carbonyl (C=O) groups excluding carboxylic acids is 1. The molecule has 7 nitrogen and oxygen atoms in total. The molecule has 3 aromatic rings. The SMILES string of the molecule is CCc1c(C(=O)NCCc2ccc(N3CCCCC3)cc2)[nH]c2ccc([N+](=O)[O-])cc12. The van der Waals surface area contributed by atoms with Crippen LogP contribution in [0.25, 0.3) is 10.9 Å². The highest BCUT2D eigenvalue weighted by Gasteiger charge is 2.18. The molecule has 0 aliphatic carbocycles. The Bertz CT molecular complexity index is 1080. The predicted molar refractivity (Wildman–Crippen MR) is 123 cm³/mol. The Balaban J connectivity index is 1.39. The van der Waals surface area contributed by atoms with Crippen LogP contribution < -0.4 is 10.2 Å². The average molecular weight is 421 g/mol. The molecule has 0 unspecified atom stereocenters. The highest BCUT2D eigenvalue weighted by atomic mass is 16.6. The molecule has 0 saturated carbocycles. The summed E-state index contributed by atoms with van der Waals surface area (Å²) in [6.07, 6.45) is 5.20. The zero-order chi connectivity index (χ0) is 21.8. The van der Waals surface area contributed by atoms with Crippen LogP contribution in [0, 0.1) is 10.1 Å². The molecule has 1 aliphatic rings. The first kappa shape index (κ1) is 20.9. The lowest BCUT2D eigenvalue weighted by atomic mass is 10.1. The van der Waals surface area contributed by atoms with E-state index in [1.165, 1.54) is 42.6 Å². The molecule has 0 atom stereocenters. The molecule has 1 aliphatic heterocycles. The molecule has 0 radical (unpaired) electrons. The van der Waals surface area contributed by atoms with Gasteiger partial charge in [0.25, 0.3) is 11.6 Å². The fourth-order valence-corrected chi connectivity index (χ4v) is 4.34. The number of hydrogen-bond acceptors (Lipinski definition) is 4. The molecule has 0 bridgehead atoms. The maximum absolute atomic E-state index is 12.8. The predicted octanol–water partition coefficient (Wildman–Crippen LogP) is 4.60. The number of benzene rings is 2. The van der Waals surface area contributed by atoms with Crippen LogP contribution in [-0.4, -0.2) is 35.4 Å². The Morgan fingerprint density at radius 2 is 1.87 bits per heavy atom. The first-order chi connectivity index (χ1) is 15.1. The second-order valence-electron chi connectivity index (χ2n) is 8.04. The van der Waals surface area contributed by atoms with E-state index in [1.54, 1.807) is 6.07 Å². The fourth-order valence-electron chi connectivity index (χ4n) is 4.34. The minimum atomic E-state index is -0.415. The number of nitro benzene ring substituents is 1. The number of anilines is 1. The minimum absolute atomic E-state index is 0.0289. The highest BCUT2D eigenvalue weighted by Crippen LogP contribution is 2.27. The first-order valence-electron chi connectivity index (χ1n) is 11.0. The summed E-state index contributed by atoms with van der Waals surface area (Å²) in [6, 6.07) is 13.3. The maximum atomic E-state index is 12.8. The van der Waals surface area contributed by atoms with Gasteiger partial charge in [-0.1, -0.05) is 19.1 Å². The zero-order valence-corrected chi connectivity index (χ0v) is 17.8. The van der Waals surface area contributed by atoms with Crippen molar-refractivity contribution < 1.29 is 9.72 Å². The van der Waals surface area contributed by atoms with Crippen LogP contribution in [0.3, 0.4) is 0 Å². The Morgan fingerprint density at radius 3 is 2.55 bits per heavy atom. The van der Waals surface area contributed by atoms with E-state index in [-0.39, 0.29) is 11.6 Å². The summed E-state index contributed by atoms with van der Waals surface area (Å²) < 4.78 is 0. The van der Waals surface area contributed by atoms with Crippen molar-refractivity contribution in [1.82, 2.24) is 10.3 Å². The van der Waals surface area contributed by atoms with Crippen molar-refractivity contribution in [2.24, 2.45) is 0 Å². The van der Waals surface area contributed by atoms with E-state index in [2.05, 4.69) is 39.5 Å². The van der Waals surface area contributed by atoms with Gasteiger partial charge in [-0.2, -0.15) is 0 Å². The van der Waals surface area contributed by atoms with Crippen LogP contribution in [0.1, 0.15) is 47.8 Å². The first-order valence-corrected chi connectivity index (χ1v) is 11.0. The number of aromatic amines is 1. The number of nitro groups is 1.